The number of rotatable bonds is 2. The molecule has 0 radical (unpaired) electrons. The molecule has 4 nitrogen and oxygen atoms in total. The normalized spacial score (nSPS) is 20.1. The second-order valence-corrected chi connectivity index (χ2v) is 4.07. The van der Waals surface area contributed by atoms with Crippen LogP contribution in [0.25, 0.3) is 11.4 Å². The van der Waals surface area contributed by atoms with Gasteiger partial charge in [-0.25, -0.2) is 9.97 Å². The van der Waals surface area contributed by atoms with Gasteiger partial charge in [0.2, 0.25) is 0 Å². The van der Waals surface area contributed by atoms with E-state index in [9.17, 15) is 0 Å². The second-order valence-electron chi connectivity index (χ2n) is 4.07. The van der Waals surface area contributed by atoms with Gasteiger partial charge in [0.1, 0.15) is 5.82 Å². The minimum Gasteiger partial charge on any atom is -0.360 e. The first-order valence-corrected chi connectivity index (χ1v) is 5.61. The molecule has 1 aliphatic rings. The highest BCUT2D eigenvalue weighted by Crippen LogP contribution is 2.21. The van der Waals surface area contributed by atoms with Crippen LogP contribution in [0.4, 0.5) is 0 Å². The molecule has 3 rings (SSSR count). The van der Waals surface area contributed by atoms with Crippen molar-refractivity contribution in [3.63, 3.8) is 0 Å². The first-order valence-electron chi connectivity index (χ1n) is 5.61. The molecule has 1 fully saturated rings. The highest BCUT2D eigenvalue weighted by Gasteiger charge is 2.19. The van der Waals surface area contributed by atoms with E-state index >= 15 is 0 Å². The average molecular weight is 214 g/mol. The number of hydrogen-bond donors (Lipinski definition) is 2. The molecule has 16 heavy (non-hydrogen) atoms. The summed E-state index contributed by atoms with van der Waals surface area (Å²) in [6.07, 6.45) is 4.89. The Morgan fingerprint density at radius 1 is 1.31 bits per heavy atom. The van der Waals surface area contributed by atoms with Crippen LogP contribution in [0, 0.1) is 0 Å². The van der Waals surface area contributed by atoms with E-state index in [0.29, 0.717) is 5.92 Å². The van der Waals surface area contributed by atoms with Crippen LogP contribution in [-0.2, 0) is 0 Å². The number of nitrogens with zero attached hydrogens (tertiary/aromatic N) is 2. The smallest absolute Gasteiger partial charge is 0.133 e. The maximum atomic E-state index is 4.61. The van der Waals surface area contributed by atoms with E-state index in [4.69, 9.17) is 0 Å². The SMILES string of the molecule is c1c[nH]c(-c2ccnc(C3CCNC3)n2)c1. The van der Waals surface area contributed by atoms with Gasteiger partial charge in [0, 0.05) is 24.9 Å². The summed E-state index contributed by atoms with van der Waals surface area (Å²) in [6.45, 7) is 2.06. The highest BCUT2D eigenvalue weighted by atomic mass is 15.0. The highest BCUT2D eigenvalue weighted by molar-refractivity contribution is 5.53. The summed E-state index contributed by atoms with van der Waals surface area (Å²) in [7, 11) is 0. The molecule has 2 aromatic heterocycles. The van der Waals surface area contributed by atoms with Crippen LogP contribution in [-0.4, -0.2) is 28.0 Å². The Labute approximate surface area is 94.1 Å². The molecule has 1 atom stereocenters. The van der Waals surface area contributed by atoms with E-state index in [1.807, 2.05) is 30.6 Å². The van der Waals surface area contributed by atoms with Crippen molar-refractivity contribution in [3.05, 3.63) is 36.4 Å². The molecule has 82 valence electrons. The topological polar surface area (TPSA) is 53.6 Å². The molecular formula is C12H14N4. The number of aromatic amines is 1. The fourth-order valence-corrected chi connectivity index (χ4v) is 2.09. The van der Waals surface area contributed by atoms with Crippen molar-refractivity contribution in [2.75, 3.05) is 13.1 Å². The number of hydrogen-bond acceptors (Lipinski definition) is 3. The van der Waals surface area contributed by atoms with Gasteiger partial charge in [0.25, 0.3) is 0 Å². The molecular weight excluding hydrogens is 200 g/mol. The Morgan fingerprint density at radius 3 is 3.06 bits per heavy atom. The van der Waals surface area contributed by atoms with E-state index in [2.05, 4.69) is 20.3 Å². The van der Waals surface area contributed by atoms with Crippen LogP contribution in [0.1, 0.15) is 18.2 Å². The quantitative estimate of drug-likeness (QED) is 0.797. The Morgan fingerprint density at radius 2 is 2.31 bits per heavy atom. The van der Waals surface area contributed by atoms with Crippen LogP contribution in [0.2, 0.25) is 0 Å². The molecule has 4 heteroatoms. The van der Waals surface area contributed by atoms with Gasteiger partial charge in [-0.2, -0.15) is 0 Å². The largest absolute Gasteiger partial charge is 0.360 e. The van der Waals surface area contributed by atoms with Crippen LogP contribution < -0.4 is 5.32 Å². The fraction of sp³-hybridized carbons (Fsp3) is 0.333. The zero-order valence-corrected chi connectivity index (χ0v) is 8.98. The Hall–Kier alpha value is -1.68. The van der Waals surface area contributed by atoms with Gasteiger partial charge in [-0.1, -0.05) is 0 Å². The summed E-state index contributed by atoms with van der Waals surface area (Å²) < 4.78 is 0. The standard InChI is InChI=1S/C12H14N4/c1-2-10(14-5-1)11-4-7-15-12(16-11)9-3-6-13-8-9/h1-2,4-5,7,9,13-14H,3,6,8H2. The van der Waals surface area contributed by atoms with Gasteiger partial charge in [0.05, 0.1) is 11.4 Å². The molecule has 0 aromatic carbocycles. The summed E-state index contributed by atoms with van der Waals surface area (Å²) in [5.74, 6) is 1.42. The zero-order valence-electron chi connectivity index (χ0n) is 8.98. The molecule has 0 spiro atoms. The molecule has 1 unspecified atom stereocenters. The van der Waals surface area contributed by atoms with E-state index in [0.717, 1.165) is 36.7 Å². The van der Waals surface area contributed by atoms with Gasteiger partial charge in [-0.05, 0) is 31.2 Å². The van der Waals surface area contributed by atoms with Crippen molar-refractivity contribution < 1.29 is 0 Å². The van der Waals surface area contributed by atoms with Crippen molar-refractivity contribution in [3.8, 4) is 11.4 Å². The van der Waals surface area contributed by atoms with Gasteiger partial charge in [0.15, 0.2) is 0 Å². The fourth-order valence-electron chi connectivity index (χ4n) is 2.09. The lowest BCUT2D eigenvalue weighted by Gasteiger charge is -2.07. The molecule has 3 heterocycles. The summed E-state index contributed by atoms with van der Waals surface area (Å²) in [5.41, 5.74) is 2.02. The number of H-pyrrole nitrogens is 1. The molecule has 2 N–H and O–H groups in total. The zero-order chi connectivity index (χ0) is 10.8. The van der Waals surface area contributed by atoms with Gasteiger partial charge in [-0.15, -0.1) is 0 Å². The molecule has 1 aliphatic heterocycles. The molecule has 2 aromatic rings. The minimum atomic E-state index is 0.468. The van der Waals surface area contributed by atoms with E-state index in [-0.39, 0.29) is 0 Å². The van der Waals surface area contributed by atoms with Gasteiger partial charge >= 0.3 is 0 Å². The monoisotopic (exact) mass is 214 g/mol. The predicted octanol–water partition coefficient (Wildman–Crippen LogP) is 1.55. The molecule has 0 saturated carbocycles. The third-order valence-electron chi connectivity index (χ3n) is 2.97. The predicted molar refractivity (Wildman–Crippen MR) is 62.0 cm³/mol. The van der Waals surface area contributed by atoms with Crippen LogP contribution in [0.3, 0.4) is 0 Å². The molecule has 0 bridgehead atoms. The first-order chi connectivity index (χ1) is 7.93. The summed E-state index contributed by atoms with van der Waals surface area (Å²) >= 11 is 0. The first kappa shape index (κ1) is 9.54. The molecule has 0 aliphatic carbocycles. The van der Waals surface area contributed by atoms with Crippen molar-refractivity contribution in [2.45, 2.75) is 12.3 Å². The van der Waals surface area contributed by atoms with Gasteiger partial charge < -0.3 is 10.3 Å². The van der Waals surface area contributed by atoms with E-state index in [1.165, 1.54) is 0 Å². The van der Waals surface area contributed by atoms with Crippen molar-refractivity contribution >= 4 is 0 Å². The maximum Gasteiger partial charge on any atom is 0.133 e. The number of nitrogens with one attached hydrogen (secondary N) is 2. The van der Waals surface area contributed by atoms with E-state index in [1.54, 1.807) is 0 Å². The minimum absolute atomic E-state index is 0.468. The van der Waals surface area contributed by atoms with Crippen LogP contribution in [0.15, 0.2) is 30.6 Å². The molecule has 0 amide bonds. The lowest BCUT2D eigenvalue weighted by atomic mass is 10.1. The van der Waals surface area contributed by atoms with Gasteiger partial charge in [-0.3, -0.25) is 0 Å². The van der Waals surface area contributed by atoms with Crippen LogP contribution in [0.5, 0.6) is 0 Å². The summed E-state index contributed by atoms with van der Waals surface area (Å²) in [6, 6.07) is 5.95. The maximum absolute atomic E-state index is 4.61. The second kappa shape index (κ2) is 4.06. The van der Waals surface area contributed by atoms with E-state index < -0.39 is 0 Å². The van der Waals surface area contributed by atoms with Crippen LogP contribution >= 0.6 is 0 Å². The Kier molecular flexibility index (Phi) is 2.42. The average Bonchev–Trinajstić information content (AvgIpc) is 3.03. The molecule has 1 saturated heterocycles. The lowest BCUT2D eigenvalue weighted by Crippen LogP contribution is -2.10. The van der Waals surface area contributed by atoms with Crippen molar-refractivity contribution in [2.24, 2.45) is 0 Å². The summed E-state index contributed by atoms with van der Waals surface area (Å²) in [4.78, 5) is 12.1. The summed E-state index contributed by atoms with van der Waals surface area (Å²) in [5, 5.41) is 3.34. The third kappa shape index (κ3) is 1.72. The lowest BCUT2D eigenvalue weighted by molar-refractivity contribution is 0.702. The Bertz CT molecular complexity index is 458. The number of aromatic nitrogens is 3. The third-order valence-corrected chi connectivity index (χ3v) is 2.97. The Balaban J connectivity index is 1.93. The van der Waals surface area contributed by atoms with Crippen molar-refractivity contribution in [1.29, 1.82) is 0 Å². The van der Waals surface area contributed by atoms with Crippen molar-refractivity contribution in [1.82, 2.24) is 20.3 Å².